The number of aliphatic carboxylic acids is 1. The van der Waals surface area contributed by atoms with E-state index in [9.17, 15) is 9.59 Å². The first-order valence-corrected chi connectivity index (χ1v) is 6.11. The van der Waals surface area contributed by atoms with Gasteiger partial charge in [0.1, 0.15) is 5.56 Å². The molecule has 0 amide bonds. The summed E-state index contributed by atoms with van der Waals surface area (Å²) >= 11 is 0. The summed E-state index contributed by atoms with van der Waals surface area (Å²) in [5, 5.41) is 8.97. The van der Waals surface area contributed by atoms with Crippen LogP contribution in [-0.4, -0.2) is 35.3 Å². The van der Waals surface area contributed by atoms with Crippen molar-refractivity contribution in [2.75, 3.05) is 13.7 Å². The van der Waals surface area contributed by atoms with Crippen LogP contribution in [0.1, 0.15) is 35.6 Å². The lowest BCUT2D eigenvalue weighted by Gasteiger charge is -2.05. The van der Waals surface area contributed by atoms with Crippen molar-refractivity contribution in [1.82, 2.24) is 4.57 Å². The Bertz CT molecular complexity index is 490. The van der Waals surface area contributed by atoms with E-state index in [0.29, 0.717) is 17.9 Å². The minimum Gasteiger partial charge on any atom is -0.494 e. The van der Waals surface area contributed by atoms with Gasteiger partial charge in [0.2, 0.25) is 0 Å². The third kappa shape index (κ3) is 2.89. The highest BCUT2D eigenvalue weighted by atomic mass is 16.5. The van der Waals surface area contributed by atoms with Crippen molar-refractivity contribution in [3.05, 3.63) is 17.0 Å². The molecule has 0 aliphatic carbocycles. The molecule has 6 heteroatoms. The van der Waals surface area contributed by atoms with E-state index in [1.165, 1.54) is 7.11 Å². The average Bonchev–Trinajstić information content (AvgIpc) is 2.61. The molecule has 1 aromatic heterocycles. The molecule has 0 bridgehead atoms. The maximum atomic E-state index is 12.0. The Morgan fingerprint density at radius 1 is 1.26 bits per heavy atom. The fraction of sp³-hybridized carbons (Fsp3) is 0.538. The maximum absolute atomic E-state index is 12.0. The van der Waals surface area contributed by atoms with E-state index < -0.39 is 11.9 Å². The Labute approximate surface area is 111 Å². The zero-order valence-corrected chi connectivity index (χ0v) is 11.6. The number of ether oxygens (including phenoxy) is 2. The Balaban J connectivity index is 3.45. The minimum atomic E-state index is -1.00. The number of methoxy groups -OCH3 is 1. The van der Waals surface area contributed by atoms with Crippen molar-refractivity contribution in [3.8, 4) is 5.75 Å². The predicted molar refractivity (Wildman–Crippen MR) is 68.6 cm³/mol. The van der Waals surface area contributed by atoms with E-state index in [-0.39, 0.29) is 18.6 Å². The van der Waals surface area contributed by atoms with Crippen LogP contribution in [-0.2, 0) is 29.4 Å². The van der Waals surface area contributed by atoms with Gasteiger partial charge in [-0.3, -0.25) is 4.79 Å². The van der Waals surface area contributed by atoms with Crippen LogP contribution in [0, 0.1) is 0 Å². The molecule has 1 aromatic rings. The van der Waals surface area contributed by atoms with E-state index in [1.807, 2.05) is 6.92 Å². The molecule has 0 spiro atoms. The van der Waals surface area contributed by atoms with Crippen LogP contribution in [0.25, 0.3) is 0 Å². The molecule has 19 heavy (non-hydrogen) atoms. The number of esters is 1. The van der Waals surface area contributed by atoms with Crippen molar-refractivity contribution in [2.45, 2.75) is 26.7 Å². The van der Waals surface area contributed by atoms with Crippen LogP contribution >= 0.6 is 0 Å². The van der Waals surface area contributed by atoms with Gasteiger partial charge in [0.25, 0.3) is 0 Å². The first-order chi connectivity index (χ1) is 8.97. The number of carbonyl (C=O) groups is 2. The molecule has 0 saturated heterocycles. The smallest absolute Gasteiger partial charge is 0.343 e. The van der Waals surface area contributed by atoms with Crippen LogP contribution < -0.4 is 4.74 Å². The third-order valence-corrected chi connectivity index (χ3v) is 2.92. The molecule has 1 N–H and O–H groups in total. The average molecular weight is 269 g/mol. The van der Waals surface area contributed by atoms with Gasteiger partial charge in [0.05, 0.1) is 25.8 Å². The molecule has 6 nitrogen and oxygen atoms in total. The molecular weight excluding hydrogens is 250 g/mol. The zero-order valence-electron chi connectivity index (χ0n) is 11.6. The van der Waals surface area contributed by atoms with Gasteiger partial charge in [-0.2, -0.15) is 0 Å². The molecule has 0 unspecified atom stereocenters. The van der Waals surface area contributed by atoms with Crippen LogP contribution in [0.4, 0.5) is 0 Å². The number of nitrogens with zero attached hydrogens (tertiary/aromatic N) is 1. The van der Waals surface area contributed by atoms with Crippen molar-refractivity contribution in [2.24, 2.45) is 7.05 Å². The van der Waals surface area contributed by atoms with Crippen LogP contribution in [0.15, 0.2) is 0 Å². The lowest BCUT2D eigenvalue weighted by molar-refractivity contribution is -0.136. The lowest BCUT2D eigenvalue weighted by atomic mass is 10.1. The number of hydrogen-bond donors (Lipinski definition) is 1. The van der Waals surface area contributed by atoms with Crippen LogP contribution in [0.3, 0.4) is 0 Å². The second-order valence-electron chi connectivity index (χ2n) is 4.01. The van der Waals surface area contributed by atoms with E-state index in [2.05, 4.69) is 0 Å². The van der Waals surface area contributed by atoms with Crippen molar-refractivity contribution >= 4 is 11.9 Å². The summed E-state index contributed by atoms with van der Waals surface area (Å²) in [6.45, 7) is 3.84. The second kappa shape index (κ2) is 6.26. The Morgan fingerprint density at radius 2 is 1.89 bits per heavy atom. The predicted octanol–water partition coefficient (Wildman–Crippen LogP) is 1.40. The molecule has 0 radical (unpaired) electrons. The van der Waals surface area contributed by atoms with Gasteiger partial charge in [-0.1, -0.05) is 6.92 Å². The number of carbonyl (C=O) groups excluding carboxylic acids is 1. The summed E-state index contributed by atoms with van der Waals surface area (Å²) in [7, 11) is 3.18. The molecule has 0 saturated carbocycles. The van der Waals surface area contributed by atoms with E-state index in [0.717, 1.165) is 5.69 Å². The van der Waals surface area contributed by atoms with Gasteiger partial charge >= 0.3 is 11.9 Å². The van der Waals surface area contributed by atoms with E-state index in [4.69, 9.17) is 14.6 Å². The Morgan fingerprint density at radius 3 is 2.32 bits per heavy atom. The summed E-state index contributed by atoms with van der Waals surface area (Å²) in [5.74, 6) is -1.15. The molecule has 0 aliphatic heterocycles. The molecule has 1 heterocycles. The maximum Gasteiger partial charge on any atom is 0.343 e. The highest BCUT2D eigenvalue weighted by molar-refractivity contribution is 5.96. The van der Waals surface area contributed by atoms with Gasteiger partial charge in [-0.05, 0) is 13.3 Å². The zero-order chi connectivity index (χ0) is 14.6. The van der Waals surface area contributed by atoms with Crippen LogP contribution in [0.5, 0.6) is 5.75 Å². The number of rotatable bonds is 6. The first-order valence-electron chi connectivity index (χ1n) is 6.11. The normalized spacial score (nSPS) is 10.3. The van der Waals surface area contributed by atoms with Gasteiger partial charge in [0, 0.05) is 12.7 Å². The molecule has 0 aliphatic rings. The number of carboxylic acids is 1. The largest absolute Gasteiger partial charge is 0.494 e. The van der Waals surface area contributed by atoms with Crippen molar-refractivity contribution in [1.29, 1.82) is 0 Å². The quantitative estimate of drug-likeness (QED) is 0.790. The highest BCUT2D eigenvalue weighted by Crippen LogP contribution is 2.31. The summed E-state index contributed by atoms with van der Waals surface area (Å²) in [4.78, 5) is 22.9. The van der Waals surface area contributed by atoms with Crippen LogP contribution in [0.2, 0.25) is 0 Å². The van der Waals surface area contributed by atoms with Crippen molar-refractivity contribution < 1.29 is 24.2 Å². The molecule has 0 aromatic carbocycles. The fourth-order valence-electron chi connectivity index (χ4n) is 2.14. The molecule has 1 rings (SSSR count). The van der Waals surface area contributed by atoms with E-state index in [1.54, 1.807) is 18.5 Å². The Kier molecular flexibility index (Phi) is 4.97. The monoisotopic (exact) mass is 269 g/mol. The molecular formula is C13H19NO5. The summed E-state index contributed by atoms with van der Waals surface area (Å²) in [6.07, 6.45) is 0.382. The standard InChI is InChI=1S/C13H19NO5/c1-5-8-12(18-4)11(13(17)19-6-2)9(14(8)3)7-10(15)16/h5-7H2,1-4H3,(H,15,16). The SMILES string of the molecule is CCOC(=O)c1c(OC)c(CC)n(C)c1CC(=O)O. The number of aromatic nitrogens is 1. The Hall–Kier alpha value is -1.98. The van der Waals surface area contributed by atoms with Gasteiger partial charge in [-0.15, -0.1) is 0 Å². The summed E-state index contributed by atoms with van der Waals surface area (Å²) in [5.41, 5.74) is 1.40. The fourth-order valence-corrected chi connectivity index (χ4v) is 2.14. The van der Waals surface area contributed by atoms with Gasteiger partial charge in [0.15, 0.2) is 5.75 Å². The summed E-state index contributed by atoms with van der Waals surface area (Å²) < 4.78 is 11.9. The molecule has 0 fully saturated rings. The summed E-state index contributed by atoms with van der Waals surface area (Å²) in [6, 6.07) is 0. The number of carboxylic acid groups (broad SMARTS) is 1. The molecule has 106 valence electrons. The number of hydrogen-bond acceptors (Lipinski definition) is 4. The third-order valence-electron chi connectivity index (χ3n) is 2.92. The van der Waals surface area contributed by atoms with Crippen molar-refractivity contribution in [3.63, 3.8) is 0 Å². The minimum absolute atomic E-state index is 0.214. The lowest BCUT2D eigenvalue weighted by Crippen LogP contribution is -2.13. The van der Waals surface area contributed by atoms with E-state index >= 15 is 0 Å². The van der Waals surface area contributed by atoms with Gasteiger partial charge < -0.3 is 19.1 Å². The highest BCUT2D eigenvalue weighted by Gasteiger charge is 2.28. The topological polar surface area (TPSA) is 77.8 Å². The first kappa shape index (κ1) is 15.1. The second-order valence-corrected chi connectivity index (χ2v) is 4.01. The van der Waals surface area contributed by atoms with Gasteiger partial charge in [-0.25, -0.2) is 4.79 Å². The molecule has 0 atom stereocenters.